The number of nitrogens with one attached hydrogen (secondary N) is 2. The standard InChI is InChI=1S/C19H29N3O3.C14H21N3O.C14H23NO4.C14H17NO4.C5H8N2.ClH/c1-19(2,3)25-18(24)22-12-13-7-4-5-9-15(13)16(22)17(23)21-10-6-8-14(21)11-20;15-8-11-5-3-7-17(11)14(18)13-12-6-2-1-4-10(12)9-16-13;2*1-14(2,3)19-13(18)15-8-9-6-4-5-7-10(9)11(15)12(16)17;6-4-5-2-1-3-7-5;/h13-16H,4-10,12H2,1-3H3;10-13,16H,1-7,9H2;9-11H,4-8H2,1-3H3,(H,16,17);4-7,11H,8H2,1-3H3,(H,16,17);5,7H,1-3H2;1H/t13?,14-,15?,16?;10?,11-,12?,13?;;;5-;/m00..0./s1. The number of ether oxygens (including phenoxy) is 3. The van der Waals surface area contributed by atoms with Gasteiger partial charge in [0, 0.05) is 26.2 Å². The van der Waals surface area contributed by atoms with E-state index in [9.17, 15) is 49.0 Å². The predicted molar refractivity (Wildman–Crippen MR) is 332 cm³/mol. The molecule has 5 amide bonds. The first-order valence-corrected chi connectivity index (χ1v) is 32.4. The zero-order chi connectivity index (χ0) is 64.3. The van der Waals surface area contributed by atoms with Gasteiger partial charge >= 0.3 is 30.2 Å². The fourth-order valence-corrected chi connectivity index (χ4v) is 14.8. The minimum atomic E-state index is -1.05. The lowest BCUT2D eigenvalue weighted by atomic mass is 9.78. The molecule has 4 N–H and O–H groups in total. The predicted octanol–water partition coefficient (Wildman–Crippen LogP) is 9.95. The minimum absolute atomic E-state index is 0. The van der Waals surface area contributed by atoms with Gasteiger partial charge < -0.3 is 44.9 Å². The molecule has 89 heavy (non-hydrogen) atoms. The number of halogens is 1. The highest BCUT2D eigenvalue weighted by Crippen LogP contribution is 2.44. The van der Waals surface area contributed by atoms with E-state index in [2.05, 4.69) is 28.8 Å². The van der Waals surface area contributed by atoms with Crippen molar-refractivity contribution in [1.29, 1.82) is 15.8 Å². The fraction of sp³-hybridized carbons (Fsp3) is 0.758. The van der Waals surface area contributed by atoms with Crippen LogP contribution in [-0.2, 0) is 39.9 Å². The lowest BCUT2D eigenvalue weighted by Crippen LogP contribution is -2.52. The Hall–Kier alpha value is -6.41. The number of carbonyl (C=O) groups excluding carboxylic acids is 5. The van der Waals surface area contributed by atoms with E-state index in [1.54, 1.807) is 63.5 Å². The van der Waals surface area contributed by atoms with Crippen LogP contribution in [0.2, 0.25) is 0 Å². The van der Waals surface area contributed by atoms with Gasteiger partial charge in [-0.25, -0.2) is 24.0 Å². The number of likely N-dealkylation sites (tertiary alicyclic amines) is 4. The first-order valence-electron chi connectivity index (χ1n) is 32.4. The average molecular weight is 1260 g/mol. The number of amides is 5. The molecule has 22 nitrogen and oxygen atoms in total. The molecule has 0 radical (unpaired) electrons. The number of hydrogen-bond acceptors (Lipinski definition) is 15. The first-order chi connectivity index (χ1) is 41.6. The maximum Gasteiger partial charge on any atom is 0.411 e. The van der Waals surface area contributed by atoms with Crippen molar-refractivity contribution in [1.82, 2.24) is 35.1 Å². The van der Waals surface area contributed by atoms with Crippen molar-refractivity contribution in [2.75, 3.05) is 39.3 Å². The van der Waals surface area contributed by atoms with Gasteiger partial charge in [-0.15, -0.1) is 12.4 Å². The molecule has 1 aromatic carbocycles. The van der Waals surface area contributed by atoms with Gasteiger partial charge in [0.1, 0.15) is 41.0 Å². The van der Waals surface area contributed by atoms with E-state index in [0.717, 1.165) is 115 Å². The van der Waals surface area contributed by atoms with E-state index in [1.165, 1.54) is 35.5 Å². The summed E-state index contributed by atoms with van der Waals surface area (Å²) in [6.45, 7) is 21.0. The number of nitriles is 3. The van der Waals surface area contributed by atoms with Crippen LogP contribution in [0, 0.1) is 69.5 Å². The molecular formula is C66H99ClN10O12. The summed E-state index contributed by atoms with van der Waals surface area (Å²) < 4.78 is 16.2. The molecule has 0 aromatic heterocycles. The van der Waals surface area contributed by atoms with Gasteiger partial charge in [0.25, 0.3) is 0 Å². The number of fused-ring (bicyclic) bond motifs is 4. The van der Waals surface area contributed by atoms with E-state index in [1.807, 2.05) is 37.8 Å². The Balaban J connectivity index is 0.000000183. The van der Waals surface area contributed by atoms with Crippen LogP contribution in [0.3, 0.4) is 0 Å². The second-order valence-corrected chi connectivity index (χ2v) is 28.5. The maximum atomic E-state index is 13.3. The monoisotopic (exact) mass is 1260 g/mol. The summed E-state index contributed by atoms with van der Waals surface area (Å²) >= 11 is 0. The van der Waals surface area contributed by atoms with Crippen molar-refractivity contribution in [3.8, 4) is 18.2 Å². The van der Waals surface area contributed by atoms with Crippen LogP contribution in [-0.4, -0.2) is 169 Å². The van der Waals surface area contributed by atoms with E-state index in [-0.39, 0.29) is 66.8 Å². The number of nitrogens with zero attached hydrogens (tertiary/aromatic N) is 8. The van der Waals surface area contributed by atoms with E-state index >= 15 is 0 Å². The molecule has 0 bridgehead atoms. The molecule has 492 valence electrons. The molecule has 6 saturated heterocycles. The van der Waals surface area contributed by atoms with Gasteiger partial charge in [0.15, 0.2) is 6.04 Å². The van der Waals surface area contributed by atoms with E-state index in [0.29, 0.717) is 48.9 Å². The summed E-state index contributed by atoms with van der Waals surface area (Å²) in [4.78, 5) is 93.6. The SMILES string of the molecule is CC(C)(C)OC(=O)N1CC2CCCCC2C1C(=O)N1CCC[C@H]1C#N.CC(C)(C)OC(=O)N1CC2CCCCC2C1C(=O)O.CC(C)(C)OC(=O)N1Cc2ccccc2C1C(=O)O.Cl.N#C[C@@H]1CCCN1.N#C[C@@H]1CCCN1C(=O)C1NCC2CCCCC21. The van der Waals surface area contributed by atoms with Gasteiger partial charge in [-0.2, -0.15) is 15.8 Å². The van der Waals surface area contributed by atoms with Crippen molar-refractivity contribution < 1.29 is 58.0 Å². The number of benzene rings is 1. The quantitative estimate of drug-likeness (QED) is 0.204. The molecule has 9 fully saturated rings. The van der Waals surface area contributed by atoms with Gasteiger partial charge in [-0.05, 0) is 199 Å². The highest BCUT2D eigenvalue weighted by Gasteiger charge is 2.53. The molecule has 3 aliphatic carbocycles. The molecule has 0 spiro atoms. The van der Waals surface area contributed by atoms with Crippen LogP contribution >= 0.6 is 12.4 Å². The molecule has 11 rings (SSSR count). The van der Waals surface area contributed by atoms with Crippen molar-refractivity contribution >= 4 is 54.4 Å². The zero-order valence-electron chi connectivity index (χ0n) is 54.0. The lowest BCUT2D eigenvalue weighted by molar-refractivity contribution is -0.144. The number of aliphatic carboxylic acids is 2. The largest absolute Gasteiger partial charge is 0.480 e. The van der Waals surface area contributed by atoms with Crippen molar-refractivity contribution in [2.24, 2.45) is 35.5 Å². The molecule has 10 aliphatic rings. The number of rotatable bonds is 4. The topological polar surface area (TPSA) is 299 Å². The van der Waals surface area contributed by atoms with Crippen molar-refractivity contribution in [3.05, 3.63) is 35.4 Å². The number of carboxylic acids is 2. The number of hydrogen-bond donors (Lipinski definition) is 4. The van der Waals surface area contributed by atoms with Crippen LogP contribution in [0.25, 0.3) is 0 Å². The summed E-state index contributed by atoms with van der Waals surface area (Å²) in [5.74, 6) is 0.393. The normalized spacial score (nSPS) is 29.8. The molecule has 13 atom stereocenters. The Morgan fingerprint density at radius 3 is 1.43 bits per heavy atom. The fourth-order valence-electron chi connectivity index (χ4n) is 14.8. The lowest BCUT2D eigenvalue weighted by Gasteiger charge is -2.34. The molecule has 7 aliphatic heterocycles. The summed E-state index contributed by atoms with van der Waals surface area (Å²) in [7, 11) is 0. The first kappa shape index (κ1) is 71.7. The van der Waals surface area contributed by atoms with E-state index in [4.69, 9.17) is 24.7 Å². The second-order valence-electron chi connectivity index (χ2n) is 28.5. The van der Waals surface area contributed by atoms with Crippen LogP contribution in [0.1, 0.15) is 195 Å². The third-order valence-electron chi connectivity index (χ3n) is 18.8. The Morgan fingerprint density at radius 2 is 0.966 bits per heavy atom. The Labute approximate surface area is 533 Å². The van der Waals surface area contributed by atoms with Crippen LogP contribution in [0.5, 0.6) is 0 Å². The minimum Gasteiger partial charge on any atom is -0.480 e. The van der Waals surface area contributed by atoms with Gasteiger partial charge in [-0.1, -0.05) is 62.8 Å². The molecular weight excluding hydrogens is 1160 g/mol. The zero-order valence-corrected chi connectivity index (χ0v) is 54.8. The van der Waals surface area contributed by atoms with Crippen LogP contribution in [0.15, 0.2) is 24.3 Å². The summed E-state index contributed by atoms with van der Waals surface area (Å²) in [5, 5.41) is 51.9. The average Bonchev–Trinajstić information content (AvgIpc) is 1.72. The molecule has 10 unspecified atom stereocenters. The molecule has 23 heteroatoms. The third kappa shape index (κ3) is 18.6. The Bertz CT molecular complexity index is 2760. The van der Waals surface area contributed by atoms with Gasteiger partial charge in [-0.3, -0.25) is 24.3 Å². The molecule has 7 heterocycles. The maximum absolute atomic E-state index is 13.3. The van der Waals surface area contributed by atoms with Crippen molar-refractivity contribution in [2.45, 2.75) is 244 Å². The van der Waals surface area contributed by atoms with Crippen molar-refractivity contribution in [3.63, 3.8) is 0 Å². The third-order valence-corrected chi connectivity index (χ3v) is 18.8. The van der Waals surface area contributed by atoms with Gasteiger partial charge in [0.2, 0.25) is 11.8 Å². The smallest absolute Gasteiger partial charge is 0.411 e. The number of carboxylic acid groups (broad SMARTS) is 2. The highest BCUT2D eigenvalue weighted by molar-refractivity contribution is 5.88. The highest BCUT2D eigenvalue weighted by atomic mass is 35.5. The second kappa shape index (κ2) is 31.6. The van der Waals surface area contributed by atoms with Crippen LogP contribution < -0.4 is 10.6 Å². The van der Waals surface area contributed by atoms with E-state index < -0.39 is 65.1 Å². The summed E-state index contributed by atoms with van der Waals surface area (Å²) in [5.41, 5.74) is -0.314. The Kier molecular flexibility index (Phi) is 25.4. The number of carbonyl (C=O) groups is 7. The Morgan fingerprint density at radius 1 is 0.506 bits per heavy atom. The summed E-state index contributed by atoms with van der Waals surface area (Å²) in [6, 6.07) is 11.3. The molecule has 3 saturated carbocycles. The summed E-state index contributed by atoms with van der Waals surface area (Å²) in [6.07, 6.45) is 17.6. The molecule has 1 aromatic rings. The van der Waals surface area contributed by atoms with Gasteiger partial charge in [0.05, 0.1) is 36.8 Å². The van der Waals surface area contributed by atoms with Crippen LogP contribution in [0.4, 0.5) is 14.4 Å².